The SMILES string of the molecule is CCOC(=O)C1(C(=O)OCC)O[C@@H](c2cccnc2)N=C(c2ccco2)[C@H]1c1ccccc1. The van der Waals surface area contributed by atoms with Crippen LogP contribution in [-0.2, 0) is 23.8 Å². The number of nitrogens with zero attached hydrogens (tertiary/aromatic N) is 2. The summed E-state index contributed by atoms with van der Waals surface area (Å²) >= 11 is 0. The van der Waals surface area contributed by atoms with Gasteiger partial charge in [-0.05, 0) is 37.6 Å². The number of esters is 2. The summed E-state index contributed by atoms with van der Waals surface area (Å²) in [5, 5.41) is 0. The van der Waals surface area contributed by atoms with Gasteiger partial charge >= 0.3 is 11.9 Å². The van der Waals surface area contributed by atoms with Gasteiger partial charge in [-0.25, -0.2) is 14.6 Å². The molecule has 0 saturated heterocycles. The second-order valence-corrected chi connectivity index (χ2v) is 7.27. The number of aromatic nitrogens is 1. The molecule has 1 aliphatic heterocycles. The number of carbonyl (C=O) groups excluding carboxylic acids is 2. The maximum absolute atomic E-state index is 13.6. The van der Waals surface area contributed by atoms with Crippen LogP contribution in [0.4, 0.5) is 0 Å². The van der Waals surface area contributed by atoms with E-state index >= 15 is 0 Å². The van der Waals surface area contributed by atoms with Gasteiger partial charge in [0.1, 0.15) is 5.76 Å². The van der Waals surface area contributed by atoms with E-state index in [1.165, 1.54) is 6.26 Å². The van der Waals surface area contributed by atoms with Crippen LogP contribution in [0.2, 0.25) is 0 Å². The van der Waals surface area contributed by atoms with Gasteiger partial charge in [0, 0.05) is 18.0 Å². The van der Waals surface area contributed by atoms with Crippen molar-refractivity contribution >= 4 is 17.7 Å². The molecule has 0 amide bonds. The average Bonchev–Trinajstić information content (AvgIpc) is 3.39. The molecule has 8 nitrogen and oxygen atoms in total. The molecule has 0 aliphatic carbocycles. The summed E-state index contributed by atoms with van der Waals surface area (Å²) in [6.45, 7) is 3.43. The van der Waals surface area contributed by atoms with Gasteiger partial charge in [0.05, 0.1) is 31.1 Å². The molecule has 4 rings (SSSR count). The molecule has 170 valence electrons. The van der Waals surface area contributed by atoms with Crippen LogP contribution in [0.5, 0.6) is 0 Å². The van der Waals surface area contributed by atoms with E-state index in [1.807, 2.05) is 18.2 Å². The summed E-state index contributed by atoms with van der Waals surface area (Å²) in [6, 6.07) is 16.0. The molecule has 0 bridgehead atoms. The highest BCUT2D eigenvalue weighted by molar-refractivity contribution is 6.16. The molecule has 0 saturated carbocycles. The van der Waals surface area contributed by atoms with Crippen molar-refractivity contribution in [3.05, 3.63) is 90.1 Å². The molecule has 3 heterocycles. The van der Waals surface area contributed by atoms with Crippen LogP contribution in [0, 0.1) is 0 Å². The summed E-state index contributed by atoms with van der Waals surface area (Å²) in [4.78, 5) is 36.0. The number of benzene rings is 1. The van der Waals surface area contributed by atoms with Crippen LogP contribution in [0.25, 0.3) is 0 Å². The second-order valence-electron chi connectivity index (χ2n) is 7.27. The minimum Gasteiger partial charge on any atom is -0.463 e. The fourth-order valence-corrected chi connectivity index (χ4v) is 3.89. The number of carbonyl (C=O) groups is 2. The number of rotatable bonds is 7. The highest BCUT2D eigenvalue weighted by Crippen LogP contribution is 2.45. The lowest BCUT2D eigenvalue weighted by atomic mass is 9.76. The highest BCUT2D eigenvalue weighted by Gasteiger charge is 2.62. The van der Waals surface area contributed by atoms with E-state index in [4.69, 9.17) is 23.6 Å². The average molecular weight is 448 g/mol. The van der Waals surface area contributed by atoms with E-state index in [-0.39, 0.29) is 13.2 Å². The predicted octanol–water partition coefficient (Wildman–Crippen LogP) is 3.84. The lowest BCUT2D eigenvalue weighted by molar-refractivity contribution is -0.202. The van der Waals surface area contributed by atoms with Gasteiger partial charge in [-0.3, -0.25) is 4.98 Å². The van der Waals surface area contributed by atoms with E-state index in [9.17, 15) is 9.59 Å². The molecule has 2 atom stereocenters. The van der Waals surface area contributed by atoms with Crippen LogP contribution in [0.15, 0.2) is 82.7 Å². The Bertz CT molecular complexity index is 1090. The lowest BCUT2D eigenvalue weighted by Crippen LogP contribution is -2.59. The maximum Gasteiger partial charge on any atom is 0.351 e. The third-order valence-corrected chi connectivity index (χ3v) is 5.27. The Labute approximate surface area is 191 Å². The Morgan fingerprint density at radius 3 is 2.21 bits per heavy atom. The number of hydrogen-bond donors (Lipinski definition) is 0. The lowest BCUT2D eigenvalue weighted by Gasteiger charge is -2.41. The molecule has 0 radical (unpaired) electrons. The normalized spacial score (nSPS) is 19.4. The van der Waals surface area contributed by atoms with Gasteiger partial charge in [0.25, 0.3) is 5.60 Å². The Morgan fingerprint density at radius 1 is 0.939 bits per heavy atom. The molecule has 1 aromatic carbocycles. The Hall–Kier alpha value is -3.78. The first-order chi connectivity index (χ1) is 16.1. The van der Waals surface area contributed by atoms with Gasteiger partial charge < -0.3 is 18.6 Å². The molecule has 0 N–H and O–H groups in total. The predicted molar refractivity (Wildman–Crippen MR) is 118 cm³/mol. The van der Waals surface area contributed by atoms with Crippen molar-refractivity contribution < 1.29 is 28.2 Å². The number of hydrogen-bond acceptors (Lipinski definition) is 8. The molecular weight excluding hydrogens is 424 g/mol. The molecule has 3 aromatic rings. The zero-order valence-electron chi connectivity index (χ0n) is 18.3. The standard InChI is InChI=1S/C25H24N2O6/c1-3-30-23(28)25(24(29)31-4-2)20(17-10-6-5-7-11-17)21(19-13-9-15-32-19)27-22(33-25)18-12-8-14-26-16-18/h5-16,20,22H,3-4H2,1-2H3/t20-,22+/m1/s1. The molecule has 1 aliphatic rings. The van der Waals surface area contributed by atoms with Crippen LogP contribution < -0.4 is 0 Å². The van der Waals surface area contributed by atoms with E-state index in [0.717, 1.165) is 0 Å². The fraction of sp³-hybridized carbons (Fsp3) is 0.280. The van der Waals surface area contributed by atoms with E-state index in [1.54, 1.807) is 62.6 Å². The molecule has 0 fully saturated rings. The van der Waals surface area contributed by atoms with Crippen LogP contribution in [0.3, 0.4) is 0 Å². The van der Waals surface area contributed by atoms with Gasteiger partial charge in [0.15, 0.2) is 6.23 Å². The molecule has 8 heteroatoms. The molecule has 0 unspecified atom stereocenters. The third kappa shape index (κ3) is 4.17. The zero-order valence-corrected chi connectivity index (χ0v) is 18.3. The molecule has 2 aromatic heterocycles. The summed E-state index contributed by atoms with van der Waals surface area (Å²) in [5.74, 6) is -2.29. The Kier molecular flexibility index (Phi) is 6.65. The number of ether oxygens (including phenoxy) is 3. The Balaban J connectivity index is 2.01. The summed E-state index contributed by atoms with van der Waals surface area (Å²) < 4.78 is 22.7. The first kappa shape index (κ1) is 22.4. The van der Waals surface area contributed by atoms with Crippen molar-refractivity contribution in [3.63, 3.8) is 0 Å². The summed E-state index contributed by atoms with van der Waals surface area (Å²) in [6.07, 6.45) is 3.66. The van der Waals surface area contributed by atoms with Gasteiger partial charge in [-0.15, -0.1) is 0 Å². The van der Waals surface area contributed by atoms with E-state index in [0.29, 0.717) is 22.6 Å². The number of aliphatic imine (C=N–C) groups is 1. The van der Waals surface area contributed by atoms with Crippen molar-refractivity contribution in [3.8, 4) is 0 Å². The topological polar surface area (TPSA) is 100 Å². The first-order valence-corrected chi connectivity index (χ1v) is 10.7. The highest BCUT2D eigenvalue weighted by atomic mass is 16.6. The van der Waals surface area contributed by atoms with Crippen molar-refractivity contribution in [1.29, 1.82) is 0 Å². The third-order valence-electron chi connectivity index (χ3n) is 5.27. The molecular formula is C25H24N2O6. The van der Waals surface area contributed by atoms with Crippen molar-refractivity contribution in [2.24, 2.45) is 4.99 Å². The summed E-state index contributed by atoms with van der Waals surface area (Å²) in [5.41, 5.74) is -0.602. The van der Waals surface area contributed by atoms with Gasteiger partial charge in [0.2, 0.25) is 0 Å². The van der Waals surface area contributed by atoms with Crippen LogP contribution >= 0.6 is 0 Å². The van der Waals surface area contributed by atoms with E-state index < -0.39 is 29.7 Å². The number of furan rings is 1. The summed E-state index contributed by atoms with van der Waals surface area (Å²) in [7, 11) is 0. The first-order valence-electron chi connectivity index (χ1n) is 10.7. The molecule has 33 heavy (non-hydrogen) atoms. The second kappa shape index (κ2) is 9.79. The van der Waals surface area contributed by atoms with Crippen molar-refractivity contribution in [1.82, 2.24) is 4.98 Å². The minimum absolute atomic E-state index is 0.0512. The smallest absolute Gasteiger partial charge is 0.351 e. The van der Waals surface area contributed by atoms with Crippen molar-refractivity contribution in [2.75, 3.05) is 13.2 Å². The van der Waals surface area contributed by atoms with Crippen LogP contribution in [0.1, 0.15) is 42.9 Å². The largest absolute Gasteiger partial charge is 0.463 e. The fourth-order valence-electron chi connectivity index (χ4n) is 3.89. The zero-order chi connectivity index (χ0) is 23.3. The van der Waals surface area contributed by atoms with Crippen molar-refractivity contribution in [2.45, 2.75) is 31.6 Å². The molecule has 0 spiro atoms. The number of pyridine rings is 1. The van der Waals surface area contributed by atoms with Gasteiger partial charge in [-0.2, -0.15) is 0 Å². The van der Waals surface area contributed by atoms with E-state index in [2.05, 4.69) is 4.98 Å². The van der Waals surface area contributed by atoms with Gasteiger partial charge in [-0.1, -0.05) is 36.4 Å². The Morgan fingerprint density at radius 2 is 1.64 bits per heavy atom. The monoisotopic (exact) mass is 448 g/mol. The minimum atomic E-state index is -2.16. The quantitative estimate of drug-likeness (QED) is 0.400. The maximum atomic E-state index is 13.6. The van der Waals surface area contributed by atoms with Crippen LogP contribution in [-0.4, -0.2) is 41.4 Å².